The zero-order valence-corrected chi connectivity index (χ0v) is 18.7. The van der Waals surface area contributed by atoms with E-state index in [0.717, 1.165) is 5.56 Å². The van der Waals surface area contributed by atoms with Gasteiger partial charge in [-0.15, -0.1) is 0 Å². The van der Waals surface area contributed by atoms with E-state index in [9.17, 15) is 19.1 Å². The van der Waals surface area contributed by atoms with Crippen molar-refractivity contribution in [3.05, 3.63) is 70.5 Å². The second-order valence-electron chi connectivity index (χ2n) is 7.85. The third-order valence-electron chi connectivity index (χ3n) is 5.48. The summed E-state index contributed by atoms with van der Waals surface area (Å²) in [5.41, 5.74) is 1.21. The van der Waals surface area contributed by atoms with Gasteiger partial charge in [0.2, 0.25) is 0 Å². The molecule has 1 aliphatic rings. The molecule has 3 rings (SSSR count). The molecule has 2 aromatic carbocycles. The number of Topliss-reactive ketones (excluding diaryl/α,β-unsaturated/α-hetero) is 1. The van der Waals surface area contributed by atoms with Gasteiger partial charge in [0.1, 0.15) is 17.3 Å². The number of benzene rings is 2. The van der Waals surface area contributed by atoms with Crippen LogP contribution in [-0.2, 0) is 14.3 Å². The average molecular weight is 441 g/mol. The van der Waals surface area contributed by atoms with Crippen LogP contribution in [0.1, 0.15) is 49.4 Å². The number of likely N-dealkylation sites (tertiary alicyclic amines) is 1. The highest BCUT2D eigenvalue weighted by molar-refractivity contribution is 6.46. The molecule has 1 saturated heterocycles. The molecular formula is C25H28FNO5. The van der Waals surface area contributed by atoms with Gasteiger partial charge >= 0.3 is 0 Å². The first-order chi connectivity index (χ1) is 15.3. The van der Waals surface area contributed by atoms with Gasteiger partial charge in [0, 0.05) is 24.8 Å². The van der Waals surface area contributed by atoms with Crippen molar-refractivity contribution in [1.29, 1.82) is 0 Å². The summed E-state index contributed by atoms with van der Waals surface area (Å²) >= 11 is 0. The predicted octanol–water partition coefficient (Wildman–Crippen LogP) is 4.42. The van der Waals surface area contributed by atoms with Gasteiger partial charge in [-0.05, 0) is 42.7 Å². The van der Waals surface area contributed by atoms with Crippen LogP contribution in [0.2, 0.25) is 0 Å². The molecule has 1 N–H and O–H groups in total. The zero-order valence-electron chi connectivity index (χ0n) is 18.7. The molecule has 1 unspecified atom stereocenters. The van der Waals surface area contributed by atoms with Crippen LogP contribution < -0.4 is 4.74 Å². The number of ether oxygens (including phenoxy) is 2. The molecule has 0 aromatic heterocycles. The number of carbonyl (C=O) groups is 2. The number of aliphatic hydroxyl groups is 1. The fourth-order valence-corrected chi connectivity index (χ4v) is 3.91. The Bertz CT molecular complexity index is 1050. The maximum atomic E-state index is 14.7. The molecule has 1 atom stereocenters. The zero-order chi connectivity index (χ0) is 23.4. The summed E-state index contributed by atoms with van der Waals surface area (Å²) in [6, 6.07) is 9.98. The number of hydrogen-bond acceptors (Lipinski definition) is 5. The number of amides is 1. The molecule has 7 heteroatoms. The van der Waals surface area contributed by atoms with Gasteiger partial charge in [-0.25, -0.2) is 4.39 Å². The maximum absolute atomic E-state index is 14.7. The normalized spacial score (nSPS) is 17.9. The minimum atomic E-state index is -1.06. The van der Waals surface area contributed by atoms with Crippen molar-refractivity contribution >= 4 is 17.4 Å². The van der Waals surface area contributed by atoms with Crippen LogP contribution in [-0.4, -0.2) is 48.6 Å². The van der Waals surface area contributed by atoms with Gasteiger partial charge in [-0.3, -0.25) is 9.59 Å². The van der Waals surface area contributed by atoms with Crippen molar-refractivity contribution in [2.24, 2.45) is 0 Å². The minimum absolute atomic E-state index is 0.0807. The molecule has 0 aliphatic carbocycles. The SMILES string of the molecule is CCOc1ccc(/C(O)=C2\C(=O)C(=O)N(CCOC)C2c2ccccc2F)cc1C(C)C. The Morgan fingerprint density at radius 2 is 1.91 bits per heavy atom. The quantitative estimate of drug-likeness (QED) is 0.373. The Hall–Kier alpha value is -3.19. The minimum Gasteiger partial charge on any atom is -0.507 e. The van der Waals surface area contributed by atoms with E-state index in [0.29, 0.717) is 17.9 Å². The van der Waals surface area contributed by atoms with Gasteiger partial charge in [-0.2, -0.15) is 0 Å². The van der Waals surface area contributed by atoms with Gasteiger partial charge in [0.15, 0.2) is 0 Å². The lowest BCUT2D eigenvalue weighted by Gasteiger charge is -2.25. The number of halogens is 1. The van der Waals surface area contributed by atoms with Crippen LogP contribution in [0.25, 0.3) is 5.76 Å². The first kappa shape index (κ1) is 23.5. The molecule has 2 aromatic rings. The van der Waals surface area contributed by atoms with E-state index in [4.69, 9.17) is 9.47 Å². The topological polar surface area (TPSA) is 76.1 Å². The fraction of sp³-hybridized carbons (Fsp3) is 0.360. The van der Waals surface area contributed by atoms with Gasteiger partial charge in [0.25, 0.3) is 11.7 Å². The van der Waals surface area contributed by atoms with Crippen molar-refractivity contribution in [2.75, 3.05) is 26.9 Å². The summed E-state index contributed by atoms with van der Waals surface area (Å²) in [5.74, 6) is -1.79. The highest BCUT2D eigenvalue weighted by Crippen LogP contribution is 2.41. The van der Waals surface area contributed by atoms with E-state index in [-0.39, 0.29) is 36.0 Å². The number of carbonyl (C=O) groups excluding carboxylic acids is 2. The fourth-order valence-electron chi connectivity index (χ4n) is 3.91. The van der Waals surface area contributed by atoms with Crippen molar-refractivity contribution in [2.45, 2.75) is 32.7 Å². The van der Waals surface area contributed by atoms with Crippen molar-refractivity contribution in [3.8, 4) is 5.75 Å². The predicted molar refractivity (Wildman–Crippen MR) is 119 cm³/mol. The van der Waals surface area contributed by atoms with E-state index in [1.165, 1.54) is 30.2 Å². The van der Waals surface area contributed by atoms with Crippen LogP contribution in [0.15, 0.2) is 48.0 Å². The van der Waals surface area contributed by atoms with E-state index < -0.39 is 23.5 Å². The molecule has 1 aliphatic heterocycles. The number of hydrogen-bond donors (Lipinski definition) is 1. The Kier molecular flexibility index (Phi) is 7.30. The van der Waals surface area contributed by atoms with Crippen molar-refractivity contribution in [3.63, 3.8) is 0 Å². The number of ketones is 1. The lowest BCUT2D eigenvalue weighted by Crippen LogP contribution is -2.33. The van der Waals surface area contributed by atoms with Crippen LogP contribution in [0.3, 0.4) is 0 Å². The Morgan fingerprint density at radius 3 is 2.53 bits per heavy atom. The number of aliphatic hydroxyl groups excluding tert-OH is 1. The first-order valence-electron chi connectivity index (χ1n) is 10.6. The molecule has 170 valence electrons. The monoisotopic (exact) mass is 441 g/mol. The van der Waals surface area contributed by atoms with Crippen molar-refractivity contribution in [1.82, 2.24) is 4.90 Å². The summed E-state index contributed by atoms with van der Waals surface area (Å²) in [6.07, 6.45) is 0. The Labute approximate surface area is 187 Å². The van der Waals surface area contributed by atoms with Gasteiger partial charge in [-0.1, -0.05) is 32.0 Å². The number of rotatable bonds is 8. The highest BCUT2D eigenvalue weighted by atomic mass is 19.1. The Morgan fingerprint density at radius 1 is 1.19 bits per heavy atom. The molecule has 6 nitrogen and oxygen atoms in total. The Balaban J connectivity index is 2.19. The molecule has 0 bridgehead atoms. The number of nitrogens with zero attached hydrogens (tertiary/aromatic N) is 1. The summed E-state index contributed by atoms with van der Waals surface area (Å²) in [5, 5.41) is 11.2. The highest BCUT2D eigenvalue weighted by Gasteiger charge is 2.46. The first-order valence-corrected chi connectivity index (χ1v) is 10.6. The second-order valence-corrected chi connectivity index (χ2v) is 7.85. The van der Waals surface area contributed by atoms with E-state index in [2.05, 4.69) is 0 Å². The molecule has 1 amide bonds. The largest absolute Gasteiger partial charge is 0.507 e. The number of methoxy groups -OCH3 is 1. The smallest absolute Gasteiger partial charge is 0.295 e. The van der Waals surface area contributed by atoms with Crippen molar-refractivity contribution < 1.29 is 28.6 Å². The van der Waals surface area contributed by atoms with E-state index >= 15 is 0 Å². The molecule has 0 radical (unpaired) electrons. The molecule has 0 spiro atoms. The molecule has 32 heavy (non-hydrogen) atoms. The van der Waals surface area contributed by atoms with E-state index in [1.807, 2.05) is 20.8 Å². The summed E-state index contributed by atoms with van der Waals surface area (Å²) in [4.78, 5) is 27.0. The third kappa shape index (κ3) is 4.39. The maximum Gasteiger partial charge on any atom is 0.295 e. The molecule has 0 saturated carbocycles. The molecular weight excluding hydrogens is 413 g/mol. The standard InChI is InChI=1S/C25H28FNO5/c1-5-32-20-11-10-16(14-18(20)15(2)3)23(28)21-22(17-8-6-7-9-19(17)26)27(12-13-31-4)25(30)24(21)29/h6-11,14-15,22,28H,5,12-13H2,1-4H3/b23-21+. The lowest BCUT2D eigenvalue weighted by atomic mass is 9.93. The van der Waals surface area contributed by atoms with Crippen LogP contribution in [0, 0.1) is 5.82 Å². The van der Waals surface area contributed by atoms with Gasteiger partial charge < -0.3 is 19.5 Å². The summed E-state index contributed by atoms with van der Waals surface area (Å²) in [7, 11) is 1.47. The molecule has 1 fully saturated rings. The van der Waals surface area contributed by atoms with Gasteiger partial charge in [0.05, 0.1) is 24.8 Å². The average Bonchev–Trinajstić information content (AvgIpc) is 3.02. The molecule has 1 heterocycles. The lowest BCUT2D eigenvalue weighted by molar-refractivity contribution is -0.140. The van der Waals surface area contributed by atoms with E-state index in [1.54, 1.807) is 24.3 Å². The third-order valence-corrected chi connectivity index (χ3v) is 5.48. The van der Waals surface area contributed by atoms with Crippen LogP contribution >= 0.6 is 0 Å². The van der Waals surface area contributed by atoms with Crippen LogP contribution in [0.5, 0.6) is 5.75 Å². The summed E-state index contributed by atoms with van der Waals surface area (Å²) < 4.78 is 25.5. The van der Waals surface area contributed by atoms with Crippen LogP contribution in [0.4, 0.5) is 4.39 Å². The summed E-state index contributed by atoms with van der Waals surface area (Å²) in [6.45, 7) is 6.60. The second kappa shape index (κ2) is 9.96.